The maximum absolute atomic E-state index is 6.57. The fraction of sp³-hybridized carbons (Fsp3) is 0. The van der Waals surface area contributed by atoms with Crippen molar-refractivity contribution in [3.05, 3.63) is 194 Å². The molecule has 0 unspecified atom stereocenters. The van der Waals surface area contributed by atoms with E-state index in [-0.39, 0.29) is 0 Å². The molecule has 0 fully saturated rings. The normalized spacial score (nSPS) is 11.6. The Morgan fingerprint density at radius 3 is 1.84 bits per heavy atom. The molecule has 2 heterocycles. The van der Waals surface area contributed by atoms with E-state index in [4.69, 9.17) is 13.8 Å². The van der Waals surface area contributed by atoms with Crippen molar-refractivity contribution in [2.45, 2.75) is 0 Å². The largest absolute Gasteiger partial charge is 0.456 e. The molecule has 0 saturated heterocycles. The number of rotatable bonds is 6. The Morgan fingerprint density at radius 2 is 1.02 bits per heavy atom. The quantitative estimate of drug-likeness (QED) is 0.162. The van der Waals surface area contributed by atoms with Gasteiger partial charge in [0.05, 0.1) is 0 Å². The third kappa shape index (κ3) is 5.26. The molecule has 0 aliphatic rings. The Morgan fingerprint density at radius 1 is 0.382 bits per heavy atom. The molecule has 0 aliphatic carbocycles. The van der Waals surface area contributed by atoms with Crippen molar-refractivity contribution in [1.29, 1.82) is 0 Å². The zero-order chi connectivity index (χ0) is 36.3. The molecule has 55 heavy (non-hydrogen) atoms. The number of fused-ring (bicyclic) bond motifs is 8. The zero-order valence-corrected chi connectivity index (χ0v) is 29.7. The second-order valence-electron chi connectivity index (χ2n) is 13.9. The van der Waals surface area contributed by atoms with Gasteiger partial charge in [-0.3, -0.25) is 0 Å². The Bertz CT molecular complexity index is 3200. The molecule has 11 aromatic rings. The first-order valence-corrected chi connectivity index (χ1v) is 18.5. The van der Waals surface area contributed by atoms with Crippen LogP contribution < -0.4 is 4.90 Å². The lowest BCUT2D eigenvalue weighted by atomic mass is 9.96. The maximum Gasteiger partial charge on any atom is 0.227 e. The van der Waals surface area contributed by atoms with Gasteiger partial charge >= 0.3 is 0 Å². The third-order valence-corrected chi connectivity index (χ3v) is 10.6. The van der Waals surface area contributed by atoms with Gasteiger partial charge in [-0.05, 0) is 111 Å². The summed E-state index contributed by atoms with van der Waals surface area (Å²) in [5, 5.41) is 6.56. The summed E-state index contributed by atoms with van der Waals surface area (Å²) in [4.78, 5) is 7.23. The van der Waals surface area contributed by atoms with Crippen molar-refractivity contribution in [2.24, 2.45) is 0 Å². The minimum absolute atomic E-state index is 0.619. The Balaban J connectivity index is 1.10. The molecule has 0 aliphatic heterocycles. The fourth-order valence-corrected chi connectivity index (χ4v) is 8.07. The average molecular weight is 705 g/mol. The van der Waals surface area contributed by atoms with Crippen molar-refractivity contribution in [2.75, 3.05) is 4.90 Å². The Kier molecular flexibility index (Phi) is 7.14. The molecule has 0 spiro atoms. The first-order valence-electron chi connectivity index (χ1n) is 18.5. The van der Waals surface area contributed by atoms with Crippen LogP contribution >= 0.6 is 0 Å². The topological polar surface area (TPSA) is 42.4 Å². The van der Waals surface area contributed by atoms with Gasteiger partial charge < -0.3 is 13.7 Å². The summed E-state index contributed by atoms with van der Waals surface area (Å²) in [7, 11) is 0. The lowest BCUT2D eigenvalue weighted by Crippen LogP contribution is -2.09. The van der Waals surface area contributed by atoms with Crippen LogP contribution in [0.1, 0.15) is 0 Å². The van der Waals surface area contributed by atoms with E-state index in [2.05, 4.69) is 169 Å². The molecule has 258 valence electrons. The van der Waals surface area contributed by atoms with Crippen LogP contribution in [-0.2, 0) is 0 Å². The molecule has 2 aromatic heterocycles. The SMILES string of the molecule is c1ccc(-c2cccc(-c3cccc4oc5ccc(N(c6ccccc6)c6ccc7ccc8ccc9nc(-c%10ccccc%10)oc9c8c7c6)cc5c34)c2)cc1. The number of hydrogen-bond donors (Lipinski definition) is 0. The Labute approximate surface area is 317 Å². The van der Waals surface area contributed by atoms with Crippen molar-refractivity contribution >= 4 is 71.6 Å². The highest BCUT2D eigenvalue weighted by Gasteiger charge is 2.20. The minimum Gasteiger partial charge on any atom is -0.456 e. The molecule has 0 amide bonds. The van der Waals surface area contributed by atoms with E-state index in [1.807, 2.05) is 30.3 Å². The third-order valence-electron chi connectivity index (χ3n) is 10.6. The zero-order valence-electron chi connectivity index (χ0n) is 29.7. The highest BCUT2D eigenvalue weighted by molar-refractivity contribution is 6.19. The summed E-state index contributed by atoms with van der Waals surface area (Å²) < 4.78 is 13.1. The van der Waals surface area contributed by atoms with Gasteiger partial charge in [0.25, 0.3) is 0 Å². The molecule has 0 bridgehead atoms. The molecule has 0 saturated carbocycles. The molecule has 9 aromatic carbocycles. The summed E-state index contributed by atoms with van der Waals surface area (Å²) in [6.45, 7) is 0. The predicted molar refractivity (Wildman–Crippen MR) is 227 cm³/mol. The number of benzene rings is 9. The summed E-state index contributed by atoms with van der Waals surface area (Å²) >= 11 is 0. The average Bonchev–Trinajstić information content (AvgIpc) is 3.87. The monoisotopic (exact) mass is 704 g/mol. The van der Waals surface area contributed by atoms with E-state index in [0.717, 1.165) is 88.3 Å². The smallest absolute Gasteiger partial charge is 0.227 e. The van der Waals surface area contributed by atoms with Crippen LogP contribution in [0.25, 0.3) is 88.3 Å². The highest BCUT2D eigenvalue weighted by atomic mass is 16.3. The van der Waals surface area contributed by atoms with Gasteiger partial charge in [0.15, 0.2) is 5.58 Å². The van der Waals surface area contributed by atoms with E-state index in [1.165, 1.54) is 11.1 Å². The number of nitrogens with zero attached hydrogens (tertiary/aromatic N) is 2. The van der Waals surface area contributed by atoms with Gasteiger partial charge in [-0.2, -0.15) is 0 Å². The van der Waals surface area contributed by atoms with Gasteiger partial charge in [-0.25, -0.2) is 4.98 Å². The summed E-state index contributed by atoms with van der Waals surface area (Å²) in [5.41, 5.74) is 12.1. The molecular formula is C51H32N2O2. The van der Waals surface area contributed by atoms with E-state index >= 15 is 0 Å². The molecule has 0 atom stereocenters. The maximum atomic E-state index is 6.57. The van der Waals surface area contributed by atoms with E-state index in [0.29, 0.717) is 5.89 Å². The number of anilines is 3. The first kappa shape index (κ1) is 31.1. The standard InChI is InChI=1S/C51H32N2O2/c1-4-12-33(13-5-1)37-16-10-17-38(30-37)42-20-11-21-47-49(42)44-32-41(27-29-46(44)54-47)53(39-18-8-3-9-19-39)40-26-24-34-22-23-35-25-28-45-50(48(35)43(34)31-40)55-51(52-45)36-14-6-2-7-15-36/h1-32H. The van der Waals surface area contributed by atoms with Crippen LogP contribution in [-0.4, -0.2) is 4.98 Å². The number of furan rings is 1. The van der Waals surface area contributed by atoms with E-state index < -0.39 is 0 Å². The summed E-state index contributed by atoms with van der Waals surface area (Å²) in [6.07, 6.45) is 0. The summed E-state index contributed by atoms with van der Waals surface area (Å²) in [5.74, 6) is 0.619. The first-order chi connectivity index (χ1) is 27.2. The second kappa shape index (κ2) is 12.6. The van der Waals surface area contributed by atoms with E-state index in [1.54, 1.807) is 0 Å². The van der Waals surface area contributed by atoms with Crippen molar-refractivity contribution in [3.8, 4) is 33.7 Å². The highest BCUT2D eigenvalue weighted by Crippen LogP contribution is 2.44. The fourth-order valence-electron chi connectivity index (χ4n) is 8.07. The van der Waals surface area contributed by atoms with Gasteiger partial charge in [0.1, 0.15) is 16.7 Å². The number of hydrogen-bond acceptors (Lipinski definition) is 4. The lowest BCUT2D eigenvalue weighted by Gasteiger charge is -2.26. The Hall–Kier alpha value is -7.43. The van der Waals surface area contributed by atoms with Gasteiger partial charge in [-0.1, -0.05) is 121 Å². The second-order valence-corrected chi connectivity index (χ2v) is 13.9. The minimum atomic E-state index is 0.619. The molecule has 0 radical (unpaired) electrons. The van der Waals surface area contributed by atoms with Crippen molar-refractivity contribution in [1.82, 2.24) is 4.98 Å². The van der Waals surface area contributed by atoms with Crippen LogP contribution in [0.3, 0.4) is 0 Å². The van der Waals surface area contributed by atoms with Crippen LogP contribution in [0, 0.1) is 0 Å². The lowest BCUT2D eigenvalue weighted by molar-refractivity contribution is 0.623. The van der Waals surface area contributed by atoms with Crippen molar-refractivity contribution < 1.29 is 8.83 Å². The van der Waals surface area contributed by atoms with E-state index in [9.17, 15) is 0 Å². The van der Waals surface area contributed by atoms with Crippen LogP contribution in [0.15, 0.2) is 203 Å². The predicted octanol–water partition coefficient (Wildman–Crippen LogP) is 14.5. The number of aromatic nitrogens is 1. The molecule has 4 nitrogen and oxygen atoms in total. The molecule has 0 N–H and O–H groups in total. The summed E-state index contributed by atoms with van der Waals surface area (Å²) in [6, 6.07) is 68.1. The van der Waals surface area contributed by atoms with Crippen LogP contribution in [0.5, 0.6) is 0 Å². The van der Waals surface area contributed by atoms with Crippen LogP contribution in [0.2, 0.25) is 0 Å². The van der Waals surface area contributed by atoms with Gasteiger partial charge in [0.2, 0.25) is 5.89 Å². The van der Waals surface area contributed by atoms with Crippen LogP contribution in [0.4, 0.5) is 17.1 Å². The number of oxazole rings is 1. The molecule has 11 rings (SSSR count). The molecule has 4 heteroatoms. The number of para-hydroxylation sites is 1. The van der Waals surface area contributed by atoms with Gasteiger partial charge in [-0.15, -0.1) is 0 Å². The molecular weight excluding hydrogens is 673 g/mol. The van der Waals surface area contributed by atoms with Crippen molar-refractivity contribution in [3.63, 3.8) is 0 Å². The van der Waals surface area contributed by atoms with Gasteiger partial charge in [0, 0.05) is 38.8 Å².